The van der Waals surface area contributed by atoms with E-state index < -0.39 is 5.97 Å². The zero-order valence-electron chi connectivity index (χ0n) is 13.6. The Kier molecular flexibility index (Phi) is 6.20. The van der Waals surface area contributed by atoms with Crippen molar-refractivity contribution in [2.24, 2.45) is 0 Å². The monoisotopic (exact) mass is 298 g/mol. The van der Waals surface area contributed by atoms with Gasteiger partial charge in [0.05, 0.1) is 25.3 Å². The van der Waals surface area contributed by atoms with Crippen LogP contribution in [0.15, 0.2) is 11.8 Å². The molecule has 0 spiro atoms. The number of ether oxygens (including phenoxy) is 1. The highest BCUT2D eigenvalue weighted by Gasteiger charge is 2.35. The van der Waals surface area contributed by atoms with Gasteiger partial charge in [0.1, 0.15) is 6.42 Å². The Labute approximate surface area is 126 Å². The van der Waals surface area contributed by atoms with Crippen LogP contribution < -0.4 is 5.32 Å². The first-order valence-corrected chi connectivity index (χ1v) is 7.28. The minimum atomic E-state index is -0.531. The van der Waals surface area contributed by atoms with Gasteiger partial charge in [-0.15, -0.1) is 0 Å². The summed E-state index contributed by atoms with van der Waals surface area (Å²) < 4.78 is 4.49. The van der Waals surface area contributed by atoms with Crippen LogP contribution in [-0.4, -0.2) is 42.2 Å². The van der Waals surface area contributed by atoms with Crippen molar-refractivity contribution in [1.82, 2.24) is 10.4 Å². The van der Waals surface area contributed by atoms with E-state index in [1.54, 1.807) is 0 Å². The van der Waals surface area contributed by atoms with E-state index in [1.165, 1.54) is 7.11 Å². The standard InChI is InChI=1S/C15H26N2O4/c1-6-7-21-17-11(2)8-12(10-15(17,3)4)16-13(18)9-14(19)20-5/h8,12H,6-7,9-10H2,1-5H3,(H,16,18). The fourth-order valence-electron chi connectivity index (χ4n) is 2.53. The Morgan fingerprint density at radius 3 is 2.67 bits per heavy atom. The lowest BCUT2D eigenvalue weighted by atomic mass is 9.90. The van der Waals surface area contributed by atoms with E-state index in [1.807, 2.05) is 18.1 Å². The molecule has 1 aliphatic rings. The lowest BCUT2D eigenvalue weighted by Gasteiger charge is -2.44. The molecule has 1 amide bonds. The van der Waals surface area contributed by atoms with Gasteiger partial charge < -0.3 is 10.1 Å². The van der Waals surface area contributed by atoms with Crippen molar-refractivity contribution in [3.8, 4) is 0 Å². The second-order valence-corrected chi connectivity index (χ2v) is 5.88. The van der Waals surface area contributed by atoms with Crippen molar-refractivity contribution >= 4 is 11.9 Å². The second-order valence-electron chi connectivity index (χ2n) is 5.88. The minimum absolute atomic E-state index is 0.112. The first-order chi connectivity index (χ1) is 9.80. The van der Waals surface area contributed by atoms with E-state index in [0.29, 0.717) is 13.0 Å². The normalized spacial score (nSPS) is 20.7. The number of nitrogens with zero attached hydrogens (tertiary/aromatic N) is 1. The molecule has 0 aliphatic carbocycles. The summed E-state index contributed by atoms with van der Waals surface area (Å²) in [6.07, 6.45) is 3.35. The summed E-state index contributed by atoms with van der Waals surface area (Å²) >= 11 is 0. The summed E-state index contributed by atoms with van der Waals surface area (Å²) in [6, 6.07) is -0.112. The molecule has 0 radical (unpaired) electrons. The SMILES string of the molecule is CCCON1C(C)=CC(NC(=O)CC(=O)OC)CC1(C)C. The van der Waals surface area contributed by atoms with Crippen molar-refractivity contribution < 1.29 is 19.2 Å². The molecule has 0 bridgehead atoms. The number of nitrogens with one attached hydrogen (secondary N) is 1. The zero-order valence-corrected chi connectivity index (χ0v) is 13.6. The van der Waals surface area contributed by atoms with E-state index >= 15 is 0 Å². The highest BCUT2D eigenvalue weighted by atomic mass is 16.7. The van der Waals surface area contributed by atoms with Gasteiger partial charge in [0, 0.05) is 5.70 Å². The molecule has 21 heavy (non-hydrogen) atoms. The third kappa shape index (κ3) is 5.04. The molecule has 0 saturated heterocycles. The van der Waals surface area contributed by atoms with Crippen molar-refractivity contribution in [2.75, 3.05) is 13.7 Å². The predicted molar refractivity (Wildman–Crippen MR) is 79.1 cm³/mol. The smallest absolute Gasteiger partial charge is 0.315 e. The highest BCUT2D eigenvalue weighted by molar-refractivity contribution is 5.94. The third-order valence-corrected chi connectivity index (χ3v) is 3.34. The molecule has 120 valence electrons. The zero-order chi connectivity index (χ0) is 16.0. The predicted octanol–water partition coefficient (Wildman–Crippen LogP) is 1.76. The van der Waals surface area contributed by atoms with Gasteiger partial charge in [-0.3, -0.25) is 19.5 Å². The molecule has 1 rings (SSSR count). The topological polar surface area (TPSA) is 67.9 Å². The van der Waals surface area contributed by atoms with Crippen LogP contribution in [0.1, 0.15) is 47.0 Å². The number of hydroxylamine groups is 2. The van der Waals surface area contributed by atoms with Crippen molar-refractivity contribution in [2.45, 2.75) is 58.5 Å². The number of amides is 1. The largest absolute Gasteiger partial charge is 0.469 e. The van der Waals surface area contributed by atoms with E-state index in [-0.39, 0.29) is 23.9 Å². The number of hydrogen-bond acceptors (Lipinski definition) is 5. The molecule has 1 unspecified atom stereocenters. The average Bonchev–Trinajstić information content (AvgIpc) is 2.36. The van der Waals surface area contributed by atoms with Crippen LogP contribution in [0.5, 0.6) is 0 Å². The molecule has 0 fully saturated rings. The summed E-state index contributed by atoms with van der Waals surface area (Å²) in [5.74, 6) is -0.856. The molecule has 0 aromatic heterocycles. The summed E-state index contributed by atoms with van der Waals surface area (Å²) in [5.41, 5.74) is 0.736. The van der Waals surface area contributed by atoms with Crippen LogP contribution in [-0.2, 0) is 19.2 Å². The molecule has 1 heterocycles. The van der Waals surface area contributed by atoms with E-state index in [0.717, 1.165) is 12.1 Å². The summed E-state index contributed by atoms with van der Waals surface area (Å²) in [6.45, 7) is 8.81. The van der Waals surface area contributed by atoms with Crippen LogP contribution in [0.4, 0.5) is 0 Å². The van der Waals surface area contributed by atoms with E-state index in [4.69, 9.17) is 4.84 Å². The van der Waals surface area contributed by atoms with Gasteiger partial charge in [-0.05, 0) is 39.7 Å². The highest BCUT2D eigenvalue weighted by Crippen LogP contribution is 2.30. The number of carbonyl (C=O) groups is 2. The number of carbonyl (C=O) groups excluding carboxylic acids is 2. The number of esters is 1. The van der Waals surface area contributed by atoms with Gasteiger partial charge in [-0.25, -0.2) is 0 Å². The molecule has 0 aromatic carbocycles. The Hall–Kier alpha value is -1.56. The quantitative estimate of drug-likeness (QED) is 0.598. The number of rotatable bonds is 6. The van der Waals surface area contributed by atoms with E-state index in [2.05, 4.69) is 30.8 Å². The maximum Gasteiger partial charge on any atom is 0.315 e. The van der Waals surface area contributed by atoms with Crippen LogP contribution in [0.3, 0.4) is 0 Å². The Morgan fingerprint density at radius 2 is 2.14 bits per heavy atom. The number of hydrogen-bond donors (Lipinski definition) is 1. The molecule has 0 saturated carbocycles. The maximum absolute atomic E-state index is 11.8. The van der Waals surface area contributed by atoms with Crippen molar-refractivity contribution in [3.63, 3.8) is 0 Å². The number of allylic oxidation sites excluding steroid dienone is 1. The fraction of sp³-hybridized carbons (Fsp3) is 0.733. The number of methoxy groups -OCH3 is 1. The second kappa shape index (κ2) is 7.45. The molecular weight excluding hydrogens is 272 g/mol. The minimum Gasteiger partial charge on any atom is -0.469 e. The van der Waals surface area contributed by atoms with Crippen LogP contribution in [0, 0.1) is 0 Å². The Bertz CT molecular complexity index is 418. The Balaban J connectivity index is 2.69. The van der Waals surface area contributed by atoms with Crippen molar-refractivity contribution in [3.05, 3.63) is 11.8 Å². The molecule has 6 heteroatoms. The lowest BCUT2D eigenvalue weighted by molar-refractivity contribution is -0.195. The van der Waals surface area contributed by atoms with Crippen LogP contribution >= 0.6 is 0 Å². The van der Waals surface area contributed by atoms with Gasteiger partial charge >= 0.3 is 5.97 Å². The summed E-state index contributed by atoms with van der Waals surface area (Å²) in [7, 11) is 1.27. The van der Waals surface area contributed by atoms with Gasteiger partial charge in [-0.2, -0.15) is 0 Å². The van der Waals surface area contributed by atoms with Gasteiger partial charge in [0.15, 0.2) is 0 Å². The maximum atomic E-state index is 11.8. The Morgan fingerprint density at radius 1 is 1.48 bits per heavy atom. The molecule has 1 N–H and O–H groups in total. The molecule has 1 aliphatic heterocycles. The molecule has 6 nitrogen and oxygen atoms in total. The first kappa shape index (κ1) is 17.5. The summed E-state index contributed by atoms with van der Waals surface area (Å²) in [4.78, 5) is 28.6. The van der Waals surface area contributed by atoms with Gasteiger partial charge in [-0.1, -0.05) is 6.92 Å². The lowest BCUT2D eigenvalue weighted by Crippen LogP contribution is -2.52. The van der Waals surface area contributed by atoms with E-state index in [9.17, 15) is 9.59 Å². The third-order valence-electron chi connectivity index (χ3n) is 3.34. The molecule has 1 atom stereocenters. The molecular formula is C15H26N2O4. The fourth-order valence-corrected chi connectivity index (χ4v) is 2.53. The average molecular weight is 298 g/mol. The molecule has 0 aromatic rings. The van der Waals surface area contributed by atoms with Gasteiger partial charge in [0.2, 0.25) is 5.91 Å². The van der Waals surface area contributed by atoms with Crippen LogP contribution in [0.25, 0.3) is 0 Å². The first-order valence-electron chi connectivity index (χ1n) is 7.28. The van der Waals surface area contributed by atoms with Crippen LogP contribution in [0.2, 0.25) is 0 Å². The van der Waals surface area contributed by atoms with Gasteiger partial charge in [0.25, 0.3) is 0 Å². The van der Waals surface area contributed by atoms with Crippen molar-refractivity contribution in [1.29, 1.82) is 0 Å². The summed E-state index contributed by atoms with van der Waals surface area (Å²) in [5, 5.41) is 4.75.